The minimum Gasteiger partial charge on any atom is -0.462 e. The maximum atomic E-state index is 12.7. The third kappa shape index (κ3) is 42.1. The molecule has 0 radical (unpaired) electrons. The molecule has 0 aliphatic rings. The van der Waals surface area contributed by atoms with Crippen molar-refractivity contribution < 1.29 is 28.6 Å². The van der Waals surface area contributed by atoms with E-state index in [9.17, 15) is 14.4 Å². The van der Waals surface area contributed by atoms with Crippen LogP contribution in [0.4, 0.5) is 0 Å². The fraction of sp³-hybridized carbons (Fsp3) is 0.735. The van der Waals surface area contributed by atoms with Gasteiger partial charge in [0.25, 0.3) is 0 Å². The molecule has 1 atom stereocenters. The van der Waals surface area contributed by atoms with E-state index in [1.807, 2.05) is 0 Å². The van der Waals surface area contributed by atoms with E-state index in [0.29, 0.717) is 19.3 Å². The SMILES string of the molecule is CC/C=C\C/C=C\C/C=C\C/C=C\CCCCCCC(=O)OCC(COC(=O)CCCCCCCCC)OC(=O)CCCCCCC/C=C\CCCCCC. The van der Waals surface area contributed by atoms with E-state index in [0.717, 1.165) is 109 Å². The minimum atomic E-state index is -0.783. The number of esters is 3. The Labute approximate surface area is 339 Å². The van der Waals surface area contributed by atoms with Gasteiger partial charge in [-0.15, -0.1) is 0 Å². The Morgan fingerprint density at radius 2 is 0.709 bits per heavy atom. The lowest BCUT2D eigenvalue weighted by Crippen LogP contribution is -2.30. The summed E-state index contributed by atoms with van der Waals surface area (Å²) in [7, 11) is 0. The summed E-state index contributed by atoms with van der Waals surface area (Å²) in [5.41, 5.74) is 0. The highest BCUT2D eigenvalue weighted by molar-refractivity contribution is 5.71. The molecule has 0 aromatic heterocycles. The van der Waals surface area contributed by atoms with Crippen molar-refractivity contribution in [2.75, 3.05) is 13.2 Å². The molecule has 0 aromatic rings. The van der Waals surface area contributed by atoms with Crippen LogP contribution in [0.2, 0.25) is 0 Å². The molecule has 0 aliphatic heterocycles. The van der Waals surface area contributed by atoms with Gasteiger partial charge in [0, 0.05) is 19.3 Å². The van der Waals surface area contributed by atoms with Crippen molar-refractivity contribution in [1.29, 1.82) is 0 Å². The lowest BCUT2D eigenvalue weighted by atomic mass is 10.1. The first-order chi connectivity index (χ1) is 27.0. The molecule has 6 nitrogen and oxygen atoms in total. The Hall–Kier alpha value is -2.89. The fourth-order valence-electron chi connectivity index (χ4n) is 6.07. The number of unbranched alkanes of at least 4 members (excludes halogenated alkanes) is 19. The van der Waals surface area contributed by atoms with Crippen molar-refractivity contribution in [3.8, 4) is 0 Å². The van der Waals surface area contributed by atoms with Crippen molar-refractivity contribution in [2.24, 2.45) is 0 Å². The molecular formula is C49H84O6. The van der Waals surface area contributed by atoms with Crippen molar-refractivity contribution in [3.05, 3.63) is 60.8 Å². The second kappa shape index (κ2) is 43.8. The molecule has 1 unspecified atom stereocenters. The van der Waals surface area contributed by atoms with Crippen LogP contribution in [0, 0.1) is 0 Å². The summed E-state index contributed by atoms with van der Waals surface area (Å²) in [6.45, 7) is 6.42. The van der Waals surface area contributed by atoms with Gasteiger partial charge in [-0.2, -0.15) is 0 Å². The molecule has 0 fully saturated rings. The molecule has 0 saturated heterocycles. The summed E-state index contributed by atoms with van der Waals surface area (Å²) in [5, 5.41) is 0. The predicted molar refractivity (Wildman–Crippen MR) is 233 cm³/mol. The molecule has 0 amide bonds. The molecule has 0 saturated carbocycles. The van der Waals surface area contributed by atoms with Crippen LogP contribution in [0.1, 0.15) is 213 Å². The summed E-state index contributed by atoms with van der Waals surface area (Å²) < 4.78 is 16.6. The summed E-state index contributed by atoms with van der Waals surface area (Å²) >= 11 is 0. The van der Waals surface area contributed by atoms with E-state index >= 15 is 0 Å². The van der Waals surface area contributed by atoms with E-state index in [1.54, 1.807) is 0 Å². The Morgan fingerprint density at radius 1 is 0.382 bits per heavy atom. The van der Waals surface area contributed by atoms with Gasteiger partial charge >= 0.3 is 17.9 Å². The largest absolute Gasteiger partial charge is 0.462 e. The summed E-state index contributed by atoms with van der Waals surface area (Å²) in [6, 6.07) is 0. The van der Waals surface area contributed by atoms with Crippen LogP contribution >= 0.6 is 0 Å². The summed E-state index contributed by atoms with van der Waals surface area (Å²) in [6.07, 6.45) is 52.1. The smallest absolute Gasteiger partial charge is 0.306 e. The van der Waals surface area contributed by atoms with Crippen molar-refractivity contribution in [3.63, 3.8) is 0 Å². The van der Waals surface area contributed by atoms with Crippen LogP contribution in [-0.4, -0.2) is 37.2 Å². The van der Waals surface area contributed by atoms with Crippen LogP contribution in [0.5, 0.6) is 0 Å². The van der Waals surface area contributed by atoms with Crippen LogP contribution in [-0.2, 0) is 28.6 Å². The molecule has 0 heterocycles. The van der Waals surface area contributed by atoms with Crippen LogP contribution in [0.3, 0.4) is 0 Å². The number of hydrogen-bond acceptors (Lipinski definition) is 6. The zero-order valence-corrected chi connectivity index (χ0v) is 35.9. The number of hydrogen-bond donors (Lipinski definition) is 0. The first-order valence-electron chi connectivity index (χ1n) is 22.8. The molecule has 0 aliphatic carbocycles. The third-order valence-electron chi connectivity index (χ3n) is 9.51. The van der Waals surface area contributed by atoms with Gasteiger partial charge < -0.3 is 14.2 Å². The molecule has 316 valence electrons. The maximum absolute atomic E-state index is 12.7. The van der Waals surface area contributed by atoms with Crippen molar-refractivity contribution >= 4 is 17.9 Å². The normalized spacial score (nSPS) is 12.6. The molecule has 6 heteroatoms. The van der Waals surface area contributed by atoms with Gasteiger partial charge in [-0.25, -0.2) is 0 Å². The zero-order chi connectivity index (χ0) is 40.1. The fourth-order valence-corrected chi connectivity index (χ4v) is 6.07. The van der Waals surface area contributed by atoms with E-state index in [4.69, 9.17) is 14.2 Å². The quantitative estimate of drug-likeness (QED) is 0.0267. The average Bonchev–Trinajstić information content (AvgIpc) is 3.18. The molecule has 0 aromatic carbocycles. The summed E-state index contributed by atoms with van der Waals surface area (Å²) in [5.74, 6) is -0.929. The van der Waals surface area contributed by atoms with Gasteiger partial charge in [-0.1, -0.05) is 171 Å². The van der Waals surface area contributed by atoms with Crippen LogP contribution < -0.4 is 0 Å². The topological polar surface area (TPSA) is 78.9 Å². The molecule has 0 N–H and O–H groups in total. The van der Waals surface area contributed by atoms with Gasteiger partial charge in [0.15, 0.2) is 6.10 Å². The highest BCUT2D eigenvalue weighted by atomic mass is 16.6. The van der Waals surface area contributed by atoms with Crippen LogP contribution in [0.15, 0.2) is 60.8 Å². The van der Waals surface area contributed by atoms with E-state index in [1.165, 1.54) is 64.2 Å². The first-order valence-corrected chi connectivity index (χ1v) is 22.8. The van der Waals surface area contributed by atoms with E-state index in [-0.39, 0.29) is 31.1 Å². The van der Waals surface area contributed by atoms with Gasteiger partial charge in [-0.3, -0.25) is 14.4 Å². The molecule has 0 bridgehead atoms. The first kappa shape index (κ1) is 52.1. The molecule has 55 heavy (non-hydrogen) atoms. The van der Waals surface area contributed by atoms with Crippen molar-refractivity contribution in [1.82, 2.24) is 0 Å². The highest BCUT2D eigenvalue weighted by Gasteiger charge is 2.19. The van der Waals surface area contributed by atoms with Crippen molar-refractivity contribution in [2.45, 2.75) is 219 Å². The number of allylic oxidation sites excluding steroid dienone is 10. The highest BCUT2D eigenvalue weighted by Crippen LogP contribution is 2.13. The molecular weight excluding hydrogens is 685 g/mol. The number of ether oxygens (including phenoxy) is 3. The summed E-state index contributed by atoms with van der Waals surface area (Å²) in [4.78, 5) is 37.6. The standard InChI is InChI=1S/C49H84O6/c1-4-7-10-13-16-18-20-22-23-24-25-27-28-30-33-36-39-42-48(51)54-45-46(44-53-47(50)41-38-35-32-15-12-9-6-3)55-49(52)43-40-37-34-31-29-26-21-19-17-14-11-8-5-2/h7,10,16,18-19,21-23,25,27,46H,4-6,8-9,11-15,17,20,24,26,28-45H2,1-3H3/b10-7-,18-16-,21-19-,23-22-,27-25-. The molecule has 0 spiro atoms. The Balaban J connectivity index is 4.36. The van der Waals surface area contributed by atoms with E-state index < -0.39 is 6.10 Å². The Kier molecular flexibility index (Phi) is 41.5. The monoisotopic (exact) mass is 769 g/mol. The Bertz CT molecular complexity index is 1020. The lowest BCUT2D eigenvalue weighted by molar-refractivity contribution is -0.167. The van der Waals surface area contributed by atoms with E-state index in [2.05, 4.69) is 81.5 Å². The number of carbonyl (C=O) groups is 3. The van der Waals surface area contributed by atoms with Gasteiger partial charge in [0.2, 0.25) is 0 Å². The van der Waals surface area contributed by atoms with Gasteiger partial charge in [0.05, 0.1) is 0 Å². The maximum Gasteiger partial charge on any atom is 0.306 e. The average molecular weight is 769 g/mol. The number of rotatable bonds is 40. The van der Waals surface area contributed by atoms with Crippen LogP contribution in [0.25, 0.3) is 0 Å². The predicted octanol–water partition coefficient (Wildman–Crippen LogP) is 14.5. The van der Waals surface area contributed by atoms with Gasteiger partial charge in [-0.05, 0) is 83.5 Å². The second-order valence-corrected chi connectivity index (χ2v) is 14.9. The second-order valence-electron chi connectivity index (χ2n) is 14.9. The number of carbonyl (C=O) groups excluding carboxylic acids is 3. The minimum absolute atomic E-state index is 0.0855. The lowest BCUT2D eigenvalue weighted by Gasteiger charge is -2.18. The molecule has 0 rings (SSSR count). The van der Waals surface area contributed by atoms with Gasteiger partial charge in [0.1, 0.15) is 13.2 Å². The third-order valence-corrected chi connectivity index (χ3v) is 9.51. The Morgan fingerprint density at radius 3 is 1.15 bits per heavy atom. The zero-order valence-electron chi connectivity index (χ0n) is 35.9.